The van der Waals surface area contributed by atoms with E-state index in [2.05, 4.69) is 50.1 Å². The molecule has 1 fully saturated rings. The van der Waals surface area contributed by atoms with Crippen molar-refractivity contribution in [3.05, 3.63) is 60.8 Å². The van der Waals surface area contributed by atoms with Gasteiger partial charge in [-0.15, -0.1) is 0 Å². The maximum atomic E-state index is 12.6. The summed E-state index contributed by atoms with van der Waals surface area (Å²) in [7, 11) is 0. The average molecular weight is 391 g/mol. The third-order valence-corrected chi connectivity index (χ3v) is 5.18. The van der Waals surface area contributed by atoms with E-state index in [1.54, 1.807) is 29.3 Å². The zero-order chi connectivity index (χ0) is 20.2. The Kier molecular flexibility index (Phi) is 5.53. The van der Waals surface area contributed by atoms with E-state index in [9.17, 15) is 4.79 Å². The number of carbonyl (C=O) groups excluding carboxylic acids is 1. The largest absolute Gasteiger partial charge is 0.369 e. The highest BCUT2D eigenvalue weighted by atomic mass is 16.1. The smallest absolute Gasteiger partial charge is 0.257 e. The molecule has 0 spiro atoms. The molecule has 1 saturated heterocycles. The summed E-state index contributed by atoms with van der Waals surface area (Å²) in [6.45, 7) is 8.56. The van der Waals surface area contributed by atoms with Gasteiger partial charge in [-0.2, -0.15) is 5.10 Å². The number of nitrogens with one attached hydrogen (secondary N) is 1. The zero-order valence-corrected chi connectivity index (χ0v) is 16.7. The van der Waals surface area contributed by atoms with E-state index in [1.807, 2.05) is 18.2 Å². The summed E-state index contributed by atoms with van der Waals surface area (Å²) in [6.07, 6.45) is 4.55. The van der Waals surface area contributed by atoms with E-state index in [-0.39, 0.29) is 5.91 Å². The second-order valence-electron chi connectivity index (χ2n) is 7.37. The normalized spacial score (nSPS) is 14.9. The molecule has 0 saturated carbocycles. The van der Waals surface area contributed by atoms with Crippen LogP contribution in [0.2, 0.25) is 0 Å². The lowest BCUT2D eigenvalue weighted by molar-refractivity contribution is 0.102. The van der Waals surface area contributed by atoms with Gasteiger partial charge in [0.1, 0.15) is 12.7 Å². The number of anilines is 2. The van der Waals surface area contributed by atoms with E-state index in [1.165, 1.54) is 6.33 Å². The Morgan fingerprint density at radius 1 is 1.10 bits per heavy atom. The van der Waals surface area contributed by atoms with Crippen LogP contribution in [0, 0.1) is 0 Å². The summed E-state index contributed by atoms with van der Waals surface area (Å²) in [6, 6.07) is 12.1. The van der Waals surface area contributed by atoms with Crippen LogP contribution in [-0.4, -0.2) is 62.8 Å². The van der Waals surface area contributed by atoms with Crippen molar-refractivity contribution in [1.29, 1.82) is 0 Å². The Morgan fingerprint density at radius 3 is 2.59 bits per heavy atom. The first-order valence-electron chi connectivity index (χ1n) is 9.81. The fourth-order valence-electron chi connectivity index (χ4n) is 3.46. The summed E-state index contributed by atoms with van der Waals surface area (Å²) in [4.78, 5) is 25.6. The highest BCUT2D eigenvalue weighted by molar-refractivity contribution is 6.04. The molecule has 0 unspecified atom stereocenters. The van der Waals surface area contributed by atoms with E-state index < -0.39 is 0 Å². The summed E-state index contributed by atoms with van der Waals surface area (Å²) in [5.41, 5.74) is 2.40. The second-order valence-corrected chi connectivity index (χ2v) is 7.37. The van der Waals surface area contributed by atoms with E-state index in [0.717, 1.165) is 37.6 Å². The molecular weight excluding hydrogens is 366 g/mol. The predicted octanol–water partition coefficient (Wildman–Crippen LogP) is 2.45. The SMILES string of the molecule is CC(C)N1CCN(c2cccc(NC(=O)c3ccc(-n4cncn4)nc3)c2)CC1. The molecule has 3 aromatic rings. The van der Waals surface area contributed by atoms with Crippen molar-refractivity contribution < 1.29 is 4.79 Å². The topological polar surface area (TPSA) is 79.2 Å². The molecule has 29 heavy (non-hydrogen) atoms. The summed E-state index contributed by atoms with van der Waals surface area (Å²) >= 11 is 0. The van der Waals surface area contributed by atoms with Gasteiger partial charge in [0.25, 0.3) is 5.91 Å². The lowest BCUT2D eigenvalue weighted by Crippen LogP contribution is -2.48. The number of nitrogens with zero attached hydrogens (tertiary/aromatic N) is 6. The molecule has 1 aliphatic rings. The molecule has 1 amide bonds. The highest BCUT2D eigenvalue weighted by Crippen LogP contribution is 2.22. The Bertz CT molecular complexity index is 945. The molecule has 3 heterocycles. The molecule has 0 bridgehead atoms. The van der Waals surface area contributed by atoms with Crippen LogP contribution in [0.5, 0.6) is 0 Å². The first-order valence-corrected chi connectivity index (χ1v) is 9.81. The number of aromatic nitrogens is 4. The van der Waals surface area contributed by atoms with Crippen LogP contribution in [0.15, 0.2) is 55.2 Å². The second kappa shape index (κ2) is 8.40. The molecule has 2 aromatic heterocycles. The number of rotatable bonds is 5. The minimum Gasteiger partial charge on any atom is -0.369 e. The van der Waals surface area contributed by atoms with Crippen LogP contribution in [0.3, 0.4) is 0 Å². The van der Waals surface area contributed by atoms with Crippen molar-refractivity contribution in [1.82, 2.24) is 24.6 Å². The minimum atomic E-state index is -0.190. The number of hydrogen-bond acceptors (Lipinski definition) is 6. The Labute approximate surface area is 170 Å². The van der Waals surface area contributed by atoms with Crippen molar-refractivity contribution in [2.24, 2.45) is 0 Å². The fraction of sp³-hybridized carbons (Fsp3) is 0.333. The molecule has 8 nitrogen and oxygen atoms in total. The van der Waals surface area contributed by atoms with E-state index in [4.69, 9.17) is 0 Å². The van der Waals surface area contributed by atoms with E-state index in [0.29, 0.717) is 17.4 Å². The van der Waals surface area contributed by atoms with Crippen LogP contribution in [-0.2, 0) is 0 Å². The molecule has 8 heteroatoms. The Morgan fingerprint density at radius 2 is 1.93 bits per heavy atom. The molecule has 0 radical (unpaired) electrons. The molecule has 150 valence electrons. The summed E-state index contributed by atoms with van der Waals surface area (Å²) in [5, 5.41) is 7.00. The lowest BCUT2D eigenvalue weighted by Gasteiger charge is -2.38. The van der Waals surface area contributed by atoms with Crippen LogP contribution in [0.1, 0.15) is 24.2 Å². The minimum absolute atomic E-state index is 0.190. The number of amides is 1. The molecule has 1 N–H and O–H groups in total. The molecule has 1 aromatic carbocycles. The van der Waals surface area contributed by atoms with Gasteiger partial charge in [0.2, 0.25) is 0 Å². The lowest BCUT2D eigenvalue weighted by atomic mass is 10.2. The third kappa shape index (κ3) is 4.43. The molecule has 4 rings (SSSR count). The first kappa shape index (κ1) is 19.1. The third-order valence-electron chi connectivity index (χ3n) is 5.18. The van der Waals surface area contributed by atoms with Crippen LogP contribution >= 0.6 is 0 Å². The van der Waals surface area contributed by atoms with Crippen molar-refractivity contribution in [3.63, 3.8) is 0 Å². The number of pyridine rings is 1. The zero-order valence-electron chi connectivity index (χ0n) is 16.7. The van der Waals surface area contributed by atoms with Gasteiger partial charge >= 0.3 is 0 Å². The predicted molar refractivity (Wildman–Crippen MR) is 112 cm³/mol. The van der Waals surface area contributed by atoms with Gasteiger partial charge in [-0.25, -0.2) is 14.6 Å². The number of carbonyl (C=O) groups is 1. The Hall–Kier alpha value is -3.26. The van der Waals surface area contributed by atoms with Gasteiger partial charge in [-0.1, -0.05) is 6.07 Å². The summed E-state index contributed by atoms with van der Waals surface area (Å²) < 4.78 is 1.55. The molecule has 1 aliphatic heterocycles. The average Bonchev–Trinajstić information content (AvgIpc) is 3.29. The van der Waals surface area contributed by atoms with Gasteiger partial charge in [0.15, 0.2) is 5.82 Å². The number of piperazine rings is 1. The maximum absolute atomic E-state index is 12.6. The van der Waals surface area contributed by atoms with Crippen LogP contribution in [0.25, 0.3) is 5.82 Å². The van der Waals surface area contributed by atoms with E-state index >= 15 is 0 Å². The van der Waals surface area contributed by atoms with Crippen molar-refractivity contribution in [2.45, 2.75) is 19.9 Å². The van der Waals surface area contributed by atoms with Crippen molar-refractivity contribution >= 4 is 17.3 Å². The highest BCUT2D eigenvalue weighted by Gasteiger charge is 2.19. The van der Waals surface area contributed by atoms with Gasteiger partial charge in [-0.05, 0) is 44.2 Å². The molecule has 0 atom stereocenters. The van der Waals surface area contributed by atoms with Gasteiger partial charge in [0, 0.05) is 49.8 Å². The quantitative estimate of drug-likeness (QED) is 0.720. The van der Waals surface area contributed by atoms with Crippen molar-refractivity contribution in [3.8, 4) is 5.82 Å². The van der Waals surface area contributed by atoms with Gasteiger partial charge < -0.3 is 10.2 Å². The number of hydrogen-bond donors (Lipinski definition) is 1. The van der Waals surface area contributed by atoms with Gasteiger partial charge in [-0.3, -0.25) is 9.69 Å². The number of benzene rings is 1. The maximum Gasteiger partial charge on any atom is 0.257 e. The first-order chi connectivity index (χ1) is 14.1. The Balaban J connectivity index is 1.41. The molecular formula is C21H25N7O. The summed E-state index contributed by atoms with van der Waals surface area (Å²) in [5.74, 6) is 0.422. The van der Waals surface area contributed by atoms with Crippen molar-refractivity contribution in [2.75, 3.05) is 36.4 Å². The fourth-order valence-corrected chi connectivity index (χ4v) is 3.46. The molecule has 0 aliphatic carbocycles. The standard InChI is InChI=1S/C21H25N7O/c1-16(2)26-8-10-27(11-9-26)19-5-3-4-18(12-19)25-21(29)17-6-7-20(23-13-17)28-15-22-14-24-28/h3-7,12-16H,8-11H2,1-2H3,(H,25,29). The van der Waals surface area contributed by atoms with Crippen LogP contribution < -0.4 is 10.2 Å². The monoisotopic (exact) mass is 391 g/mol. The van der Waals surface area contributed by atoms with Gasteiger partial charge in [0.05, 0.1) is 5.56 Å². The van der Waals surface area contributed by atoms with Crippen LogP contribution in [0.4, 0.5) is 11.4 Å².